The monoisotopic (exact) mass is 264 g/mol. The lowest BCUT2D eigenvalue weighted by Crippen LogP contribution is -2.48. The molecule has 0 fully saturated rings. The summed E-state index contributed by atoms with van der Waals surface area (Å²) in [5.74, 6) is -7.48. The van der Waals surface area contributed by atoms with Crippen LogP contribution in [0, 0.1) is 23.3 Å². The van der Waals surface area contributed by atoms with E-state index in [9.17, 15) is 22.4 Å². The quantitative estimate of drug-likeness (QED) is 0.650. The number of rotatable bonds is 3. The van der Waals surface area contributed by atoms with Crippen molar-refractivity contribution in [2.75, 3.05) is 5.32 Å². The first-order valence-electron chi connectivity index (χ1n) is 5.14. The third kappa shape index (κ3) is 2.61. The van der Waals surface area contributed by atoms with Gasteiger partial charge in [-0.25, -0.2) is 17.6 Å². The minimum absolute atomic E-state index is 0.0573. The normalized spacial score (nSPS) is 14.2. The highest BCUT2D eigenvalue weighted by molar-refractivity contribution is 5.97. The Kier molecular flexibility index (Phi) is 3.95. The Balaban J connectivity index is 3.16. The second kappa shape index (κ2) is 4.93. The molecule has 3 nitrogen and oxygen atoms in total. The van der Waals surface area contributed by atoms with Crippen LogP contribution in [0.3, 0.4) is 0 Å². The standard InChI is InChI=1S/C11H12F4N2O/c1-3-11(2,16)10(18)17-9-7(14)5(12)4-6(13)8(9)15/h4H,3,16H2,1-2H3,(H,17,18). The maximum atomic E-state index is 13.3. The maximum absolute atomic E-state index is 13.3. The summed E-state index contributed by atoms with van der Waals surface area (Å²) in [7, 11) is 0. The van der Waals surface area contributed by atoms with Crippen molar-refractivity contribution in [1.29, 1.82) is 0 Å². The fraction of sp³-hybridized carbons (Fsp3) is 0.364. The van der Waals surface area contributed by atoms with Crippen LogP contribution in [0.2, 0.25) is 0 Å². The van der Waals surface area contributed by atoms with E-state index in [0.717, 1.165) is 0 Å². The van der Waals surface area contributed by atoms with Gasteiger partial charge in [-0.3, -0.25) is 4.79 Å². The largest absolute Gasteiger partial charge is 0.319 e. The Morgan fingerprint density at radius 3 is 2.11 bits per heavy atom. The lowest BCUT2D eigenvalue weighted by molar-refractivity contribution is -0.120. The van der Waals surface area contributed by atoms with Gasteiger partial charge >= 0.3 is 0 Å². The molecule has 0 aliphatic heterocycles. The topological polar surface area (TPSA) is 55.1 Å². The number of nitrogens with two attached hydrogens (primary N) is 1. The SMILES string of the molecule is CCC(C)(N)C(=O)Nc1c(F)c(F)cc(F)c1F. The summed E-state index contributed by atoms with van der Waals surface area (Å²) < 4.78 is 52.3. The highest BCUT2D eigenvalue weighted by Crippen LogP contribution is 2.25. The Morgan fingerprint density at radius 1 is 1.28 bits per heavy atom. The summed E-state index contributed by atoms with van der Waals surface area (Å²) in [5, 5.41) is 1.76. The van der Waals surface area contributed by atoms with E-state index in [1.807, 2.05) is 0 Å². The number of amides is 1. The Labute approximate surface area is 101 Å². The first-order chi connectivity index (χ1) is 8.20. The van der Waals surface area contributed by atoms with Crippen LogP contribution in [-0.4, -0.2) is 11.4 Å². The molecule has 0 aromatic heterocycles. The van der Waals surface area contributed by atoms with Crippen molar-refractivity contribution in [3.63, 3.8) is 0 Å². The summed E-state index contributed by atoms with van der Waals surface area (Å²) in [6.45, 7) is 2.91. The number of carbonyl (C=O) groups excluding carboxylic acids is 1. The van der Waals surface area contributed by atoms with Crippen LogP contribution in [0.25, 0.3) is 0 Å². The number of halogens is 4. The van der Waals surface area contributed by atoms with Crippen LogP contribution in [0.4, 0.5) is 23.2 Å². The summed E-state index contributed by atoms with van der Waals surface area (Å²) in [6, 6.07) is 0.0573. The molecule has 0 saturated carbocycles. The first-order valence-corrected chi connectivity index (χ1v) is 5.14. The van der Waals surface area contributed by atoms with Gasteiger partial charge in [0, 0.05) is 6.07 Å². The molecule has 0 saturated heterocycles. The zero-order chi connectivity index (χ0) is 14.1. The smallest absolute Gasteiger partial charge is 0.244 e. The zero-order valence-electron chi connectivity index (χ0n) is 9.78. The zero-order valence-corrected chi connectivity index (χ0v) is 9.78. The molecule has 0 aliphatic carbocycles. The molecule has 1 amide bonds. The molecule has 0 aliphatic rings. The summed E-state index contributed by atoms with van der Waals surface area (Å²) >= 11 is 0. The minimum Gasteiger partial charge on any atom is -0.319 e. The van der Waals surface area contributed by atoms with E-state index >= 15 is 0 Å². The molecule has 18 heavy (non-hydrogen) atoms. The van der Waals surface area contributed by atoms with Gasteiger partial charge in [-0.1, -0.05) is 6.92 Å². The second-order valence-electron chi connectivity index (χ2n) is 4.07. The van der Waals surface area contributed by atoms with Crippen LogP contribution in [0.5, 0.6) is 0 Å². The number of hydrogen-bond donors (Lipinski definition) is 2. The molecule has 3 N–H and O–H groups in total. The maximum Gasteiger partial charge on any atom is 0.244 e. The Bertz CT molecular complexity index is 462. The number of nitrogens with one attached hydrogen (secondary N) is 1. The van der Waals surface area contributed by atoms with E-state index < -0.39 is 40.4 Å². The lowest BCUT2D eigenvalue weighted by atomic mass is 9.99. The van der Waals surface area contributed by atoms with Gasteiger partial charge in [0.05, 0.1) is 5.54 Å². The minimum atomic E-state index is -1.67. The number of hydrogen-bond acceptors (Lipinski definition) is 2. The number of benzene rings is 1. The molecule has 1 atom stereocenters. The van der Waals surface area contributed by atoms with Crippen LogP contribution < -0.4 is 11.1 Å². The van der Waals surface area contributed by atoms with Crippen molar-refractivity contribution in [2.45, 2.75) is 25.8 Å². The third-order valence-corrected chi connectivity index (χ3v) is 2.60. The van der Waals surface area contributed by atoms with Crippen LogP contribution >= 0.6 is 0 Å². The molecule has 1 rings (SSSR count). The third-order valence-electron chi connectivity index (χ3n) is 2.60. The van der Waals surface area contributed by atoms with Gasteiger partial charge in [-0.15, -0.1) is 0 Å². The molecule has 0 spiro atoms. The first kappa shape index (κ1) is 14.4. The predicted octanol–water partition coefficient (Wildman–Crippen LogP) is 2.31. The van der Waals surface area contributed by atoms with E-state index in [2.05, 4.69) is 0 Å². The molecule has 0 heterocycles. The van der Waals surface area contributed by atoms with Gasteiger partial charge in [0.25, 0.3) is 0 Å². The van der Waals surface area contributed by atoms with E-state index in [1.54, 1.807) is 12.2 Å². The van der Waals surface area contributed by atoms with Gasteiger partial charge in [0.15, 0.2) is 23.3 Å². The fourth-order valence-corrected chi connectivity index (χ4v) is 1.10. The van der Waals surface area contributed by atoms with Gasteiger partial charge < -0.3 is 11.1 Å². The van der Waals surface area contributed by atoms with E-state index in [4.69, 9.17) is 5.73 Å². The van der Waals surface area contributed by atoms with Crippen molar-refractivity contribution in [2.24, 2.45) is 5.73 Å². The summed E-state index contributed by atoms with van der Waals surface area (Å²) in [6.07, 6.45) is 0.180. The molecule has 0 bridgehead atoms. The molecule has 7 heteroatoms. The van der Waals surface area contributed by atoms with Crippen molar-refractivity contribution >= 4 is 11.6 Å². The molecule has 0 radical (unpaired) electrons. The highest BCUT2D eigenvalue weighted by atomic mass is 19.2. The van der Waals surface area contributed by atoms with Crippen molar-refractivity contribution in [1.82, 2.24) is 0 Å². The van der Waals surface area contributed by atoms with Crippen LogP contribution in [0.1, 0.15) is 20.3 Å². The molecule has 1 aromatic carbocycles. The van der Waals surface area contributed by atoms with Gasteiger partial charge in [-0.05, 0) is 13.3 Å². The van der Waals surface area contributed by atoms with Gasteiger partial charge in [-0.2, -0.15) is 0 Å². The highest BCUT2D eigenvalue weighted by Gasteiger charge is 2.29. The Hall–Kier alpha value is -1.63. The Morgan fingerprint density at radius 2 is 1.72 bits per heavy atom. The summed E-state index contributed by atoms with van der Waals surface area (Å²) in [5.41, 5.74) is 2.96. The predicted molar refractivity (Wildman–Crippen MR) is 57.8 cm³/mol. The van der Waals surface area contributed by atoms with Crippen molar-refractivity contribution in [3.05, 3.63) is 29.3 Å². The second-order valence-corrected chi connectivity index (χ2v) is 4.07. The van der Waals surface area contributed by atoms with E-state index in [0.29, 0.717) is 0 Å². The average molecular weight is 264 g/mol. The number of carbonyl (C=O) groups is 1. The fourth-order valence-electron chi connectivity index (χ4n) is 1.10. The molecule has 1 aromatic rings. The molecule has 100 valence electrons. The molecular weight excluding hydrogens is 252 g/mol. The molecular formula is C11H12F4N2O. The van der Waals surface area contributed by atoms with Crippen LogP contribution in [0.15, 0.2) is 6.07 Å². The average Bonchev–Trinajstić information content (AvgIpc) is 2.31. The molecule has 1 unspecified atom stereocenters. The van der Waals surface area contributed by atoms with Crippen molar-refractivity contribution < 1.29 is 22.4 Å². The van der Waals surface area contributed by atoms with E-state index in [-0.39, 0.29) is 12.5 Å². The summed E-state index contributed by atoms with van der Waals surface area (Å²) in [4.78, 5) is 11.6. The lowest BCUT2D eigenvalue weighted by Gasteiger charge is -2.21. The van der Waals surface area contributed by atoms with E-state index in [1.165, 1.54) is 6.92 Å². The number of anilines is 1. The van der Waals surface area contributed by atoms with Crippen molar-refractivity contribution in [3.8, 4) is 0 Å². The van der Waals surface area contributed by atoms with Gasteiger partial charge in [0.2, 0.25) is 5.91 Å². The van der Waals surface area contributed by atoms with Crippen LogP contribution in [-0.2, 0) is 4.79 Å². The van der Waals surface area contributed by atoms with Gasteiger partial charge in [0.1, 0.15) is 5.69 Å².